The first-order chi connectivity index (χ1) is 10.7. The molecule has 1 aliphatic rings. The number of halogens is 2. The maximum absolute atomic E-state index is 13.5. The van der Waals surface area contributed by atoms with E-state index in [0.29, 0.717) is 0 Å². The van der Waals surface area contributed by atoms with Crippen LogP contribution in [0, 0.1) is 11.6 Å². The van der Waals surface area contributed by atoms with Crippen molar-refractivity contribution >= 4 is 27.3 Å². The molecular weight excluding hydrogens is 330 g/mol. The average molecular weight is 346 g/mol. The molecule has 0 spiro atoms. The third kappa shape index (κ3) is 4.04. The zero-order valence-electron chi connectivity index (χ0n) is 12.4. The number of likely N-dealkylation sites (N-methyl/N-ethyl adjacent to an activating group) is 1. The van der Waals surface area contributed by atoms with E-state index < -0.39 is 45.0 Å². The van der Waals surface area contributed by atoms with Gasteiger partial charge in [0.15, 0.2) is 9.84 Å². The summed E-state index contributed by atoms with van der Waals surface area (Å²) in [6.07, 6.45) is 0.253. The van der Waals surface area contributed by atoms with Gasteiger partial charge in [-0.25, -0.2) is 17.2 Å². The normalized spacial score (nSPS) is 19.3. The Kier molecular flexibility index (Phi) is 4.98. The summed E-state index contributed by atoms with van der Waals surface area (Å²) in [5.74, 6) is -3.99. The van der Waals surface area contributed by atoms with Gasteiger partial charge in [0.05, 0.1) is 17.2 Å². The first-order valence-corrected chi connectivity index (χ1v) is 8.83. The highest BCUT2D eigenvalue weighted by Crippen LogP contribution is 2.19. The molecule has 1 N–H and O–H groups in total. The number of sulfone groups is 1. The first kappa shape index (κ1) is 17.3. The number of anilines is 1. The van der Waals surface area contributed by atoms with Crippen molar-refractivity contribution in [1.29, 1.82) is 0 Å². The Morgan fingerprint density at radius 1 is 1.35 bits per heavy atom. The van der Waals surface area contributed by atoms with Crippen LogP contribution >= 0.6 is 0 Å². The summed E-state index contributed by atoms with van der Waals surface area (Å²) in [6.45, 7) is 1.75. The van der Waals surface area contributed by atoms with Gasteiger partial charge in [-0.1, -0.05) is 0 Å². The minimum absolute atomic E-state index is 0.0401. The van der Waals surface area contributed by atoms with Gasteiger partial charge in [0.25, 0.3) is 0 Å². The van der Waals surface area contributed by atoms with Crippen LogP contribution in [0.2, 0.25) is 0 Å². The summed E-state index contributed by atoms with van der Waals surface area (Å²) in [5.41, 5.74) is -0.446. The van der Waals surface area contributed by atoms with Crippen LogP contribution in [0.3, 0.4) is 0 Å². The molecule has 1 fully saturated rings. The highest BCUT2D eigenvalue weighted by Gasteiger charge is 2.36. The van der Waals surface area contributed by atoms with Crippen LogP contribution in [-0.4, -0.2) is 49.2 Å². The molecular formula is C14H16F2N2O4S. The van der Waals surface area contributed by atoms with E-state index in [1.54, 1.807) is 6.92 Å². The van der Waals surface area contributed by atoms with Crippen LogP contribution in [0.5, 0.6) is 0 Å². The molecule has 23 heavy (non-hydrogen) atoms. The number of nitrogens with one attached hydrogen (secondary N) is 1. The summed E-state index contributed by atoms with van der Waals surface area (Å²) in [5, 5.41) is 2.02. The van der Waals surface area contributed by atoms with E-state index in [-0.39, 0.29) is 24.5 Å². The Morgan fingerprint density at radius 2 is 2.04 bits per heavy atom. The highest BCUT2D eigenvalue weighted by atomic mass is 32.2. The van der Waals surface area contributed by atoms with E-state index in [4.69, 9.17) is 0 Å². The quantitative estimate of drug-likeness (QED) is 0.826. The van der Waals surface area contributed by atoms with Crippen molar-refractivity contribution in [3.8, 4) is 0 Å². The molecule has 1 atom stereocenters. The van der Waals surface area contributed by atoms with Gasteiger partial charge in [0.1, 0.15) is 11.6 Å². The molecule has 9 heteroatoms. The predicted molar refractivity (Wildman–Crippen MR) is 79.4 cm³/mol. The highest BCUT2D eigenvalue weighted by molar-refractivity contribution is 7.91. The van der Waals surface area contributed by atoms with Crippen LogP contribution in [-0.2, 0) is 19.4 Å². The summed E-state index contributed by atoms with van der Waals surface area (Å²) < 4.78 is 49.6. The lowest BCUT2D eigenvalue weighted by atomic mass is 10.2. The second-order valence-corrected chi connectivity index (χ2v) is 7.46. The molecule has 0 aliphatic carbocycles. The van der Waals surface area contributed by atoms with Gasteiger partial charge >= 0.3 is 11.8 Å². The number of rotatable bonds is 3. The SMILES string of the molecule is CCN(C(=O)C(=O)Nc1cc(F)ccc1F)C1CCS(=O)(=O)C1. The molecule has 0 radical (unpaired) electrons. The number of nitrogens with zero attached hydrogens (tertiary/aromatic N) is 1. The zero-order valence-corrected chi connectivity index (χ0v) is 13.2. The maximum Gasteiger partial charge on any atom is 0.313 e. The van der Waals surface area contributed by atoms with Crippen molar-refractivity contribution in [3.63, 3.8) is 0 Å². The number of hydrogen-bond acceptors (Lipinski definition) is 4. The summed E-state index contributed by atoms with van der Waals surface area (Å²) in [6, 6.07) is 1.89. The Labute approximate surface area is 132 Å². The molecule has 2 amide bonds. The summed E-state index contributed by atoms with van der Waals surface area (Å²) in [4.78, 5) is 25.3. The standard InChI is InChI=1S/C14H16F2N2O4S/c1-2-18(10-5-6-23(21,22)8-10)14(20)13(19)17-12-7-9(15)3-4-11(12)16/h3-4,7,10H,2,5-6,8H2,1H3,(H,17,19). The lowest BCUT2D eigenvalue weighted by Crippen LogP contribution is -2.46. The van der Waals surface area contributed by atoms with Gasteiger partial charge in [-0.2, -0.15) is 0 Å². The topological polar surface area (TPSA) is 83.6 Å². The number of hydrogen-bond donors (Lipinski definition) is 1. The molecule has 2 rings (SSSR count). The zero-order chi connectivity index (χ0) is 17.2. The minimum atomic E-state index is -3.22. The van der Waals surface area contributed by atoms with E-state index >= 15 is 0 Å². The number of amides is 2. The Hall–Kier alpha value is -2.03. The largest absolute Gasteiger partial charge is 0.331 e. The summed E-state index contributed by atoms with van der Waals surface area (Å²) in [7, 11) is -3.22. The lowest BCUT2D eigenvalue weighted by molar-refractivity contribution is -0.144. The van der Waals surface area contributed by atoms with Crippen molar-refractivity contribution in [1.82, 2.24) is 4.90 Å². The minimum Gasteiger partial charge on any atom is -0.331 e. The van der Waals surface area contributed by atoms with Gasteiger partial charge in [0.2, 0.25) is 0 Å². The van der Waals surface area contributed by atoms with Crippen molar-refractivity contribution in [3.05, 3.63) is 29.8 Å². The smallest absolute Gasteiger partial charge is 0.313 e. The fourth-order valence-electron chi connectivity index (χ4n) is 2.49. The maximum atomic E-state index is 13.5. The fourth-order valence-corrected chi connectivity index (χ4v) is 4.22. The molecule has 1 aliphatic heterocycles. The van der Waals surface area contributed by atoms with Crippen LogP contribution < -0.4 is 5.32 Å². The van der Waals surface area contributed by atoms with Gasteiger partial charge in [-0.3, -0.25) is 9.59 Å². The molecule has 1 aromatic rings. The van der Waals surface area contributed by atoms with E-state index in [2.05, 4.69) is 0 Å². The number of carbonyl (C=O) groups excluding carboxylic acids is 2. The van der Waals surface area contributed by atoms with Crippen molar-refractivity contribution in [2.75, 3.05) is 23.4 Å². The third-order valence-corrected chi connectivity index (χ3v) is 5.37. The van der Waals surface area contributed by atoms with E-state index in [1.807, 2.05) is 5.32 Å². The van der Waals surface area contributed by atoms with Gasteiger partial charge in [-0.05, 0) is 25.5 Å². The number of carbonyl (C=O) groups is 2. The van der Waals surface area contributed by atoms with E-state index in [9.17, 15) is 26.8 Å². The van der Waals surface area contributed by atoms with E-state index in [0.717, 1.165) is 23.1 Å². The van der Waals surface area contributed by atoms with Crippen molar-refractivity contribution < 1.29 is 26.8 Å². The van der Waals surface area contributed by atoms with Crippen LogP contribution in [0.25, 0.3) is 0 Å². The third-order valence-electron chi connectivity index (χ3n) is 3.62. The fraction of sp³-hybridized carbons (Fsp3) is 0.429. The van der Waals surface area contributed by atoms with Crippen LogP contribution in [0.1, 0.15) is 13.3 Å². The van der Waals surface area contributed by atoms with Crippen LogP contribution in [0.15, 0.2) is 18.2 Å². The van der Waals surface area contributed by atoms with Crippen LogP contribution in [0.4, 0.5) is 14.5 Å². The Bertz CT molecular complexity index is 736. The van der Waals surface area contributed by atoms with Gasteiger partial charge < -0.3 is 10.2 Å². The monoisotopic (exact) mass is 346 g/mol. The van der Waals surface area contributed by atoms with Gasteiger partial charge in [0, 0.05) is 18.7 Å². The second kappa shape index (κ2) is 6.61. The van der Waals surface area contributed by atoms with Gasteiger partial charge in [-0.15, -0.1) is 0 Å². The molecule has 1 saturated heterocycles. The van der Waals surface area contributed by atoms with Crippen molar-refractivity contribution in [2.24, 2.45) is 0 Å². The van der Waals surface area contributed by atoms with Crippen molar-refractivity contribution in [2.45, 2.75) is 19.4 Å². The molecule has 0 aromatic heterocycles. The average Bonchev–Trinajstić information content (AvgIpc) is 2.83. The molecule has 1 aromatic carbocycles. The molecule has 1 heterocycles. The Balaban J connectivity index is 2.11. The second-order valence-electron chi connectivity index (χ2n) is 5.23. The lowest BCUT2D eigenvalue weighted by Gasteiger charge is -2.26. The molecule has 1 unspecified atom stereocenters. The first-order valence-electron chi connectivity index (χ1n) is 7.01. The molecule has 126 valence electrons. The molecule has 0 saturated carbocycles. The van der Waals surface area contributed by atoms with E-state index in [1.165, 1.54) is 0 Å². The molecule has 0 bridgehead atoms. The molecule has 6 nitrogen and oxygen atoms in total. The summed E-state index contributed by atoms with van der Waals surface area (Å²) >= 11 is 0. The Morgan fingerprint density at radius 3 is 2.61 bits per heavy atom. The predicted octanol–water partition coefficient (Wildman–Crippen LogP) is 0.939. The number of benzene rings is 1.